The SMILES string of the molecule is Cc1cc(NC(=O)C2CCOc3ccccc32)sn1. The minimum absolute atomic E-state index is 0.0133. The third-order valence-corrected chi connectivity index (χ3v) is 3.95. The lowest BCUT2D eigenvalue weighted by atomic mass is 9.92. The number of carbonyl (C=O) groups excluding carboxylic acids is 1. The predicted octanol–water partition coefficient (Wildman–Crippen LogP) is 2.96. The summed E-state index contributed by atoms with van der Waals surface area (Å²) in [5.74, 6) is 0.682. The molecular weight excluding hydrogens is 260 g/mol. The van der Waals surface area contributed by atoms with Gasteiger partial charge in [0, 0.05) is 5.56 Å². The van der Waals surface area contributed by atoms with Crippen LogP contribution in [-0.4, -0.2) is 16.9 Å². The van der Waals surface area contributed by atoms with Gasteiger partial charge in [-0.15, -0.1) is 0 Å². The summed E-state index contributed by atoms with van der Waals surface area (Å²) in [7, 11) is 0. The molecule has 0 saturated heterocycles. The number of hydrogen-bond donors (Lipinski definition) is 1. The minimum Gasteiger partial charge on any atom is -0.493 e. The van der Waals surface area contributed by atoms with E-state index in [1.165, 1.54) is 11.5 Å². The molecule has 4 nitrogen and oxygen atoms in total. The van der Waals surface area contributed by atoms with Crippen molar-refractivity contribution in [2.45, 2.75) is 19.3 Å². The second-order valence-electron chi connectivity index (χ2n) is 4.55. The van der Waals surface area contributed by atoms with E-state index in [-0.39, 0.29) is 11.8 Å². The van der Waals surface area contributed by atoms with E-state index in [4.69, 9.17) is 4.74 Å². The Bertz CT molecular complexity index is 609. The summed E-state index contributed by atoms with van der Waals surface area (Å²) in [5.41, 5.74) is 1.89. The highest BCUT2D eigenvalue weighted by Gasteiger charge is 2.27. The van der Waals surface area contributed by atoms with E-state index >= 15 is 0 Å². The molecule has 1 unspecified atom stereocenters. The summed E-state index contributed by atoms with van der Waals surface area (Å²) in [4.78, 5) is 12.4. The lowest BCUT2D eigenvalue weighted by molar-refractivity contribution is -0.118. The van der Waals surface area contributed by atoms with Crippen molar-refractivity contribution >= 4 is 22.4 Å². The molecule has 1 aliphatic rings. The van der Waals surface area contributed by atoms with Crippen LogP contribution in [0.5, 0.6) is 5.75 Å². The minimum atomic E-state index is -0.146. The summed E-state index contributed by atoms with van der Waals surface area (Å²) >= 11 is 1.31. The summed E-state index contributed by atoms with van der Waals surface area (Å²) < 4.78 is 9.73. The number of nitrogens with one attached hydrogen (secondary N) is 1. The fraction of sp³-hybridized carbons (Fsp3) is 0.286. The molecule has 0 bridgehead atoms. The van der Waals surface area contributed by atoms with Gasteiger partial charge in [0.05, 0.1) is 18.2 Å². The standard InChI is InChI=1S/C14H14N2O2S/c1-9-8-13(19-16-9)15-14(17)11-6-7-18-12-5-3-2-4-10(11)12/h2-5,8,11H,6-7H2,1H3,(H,15,17). The molecule has 1 aliphatic heterocycles. The smallest absolute Gasteiger partial charge is 0.232 e. The number of aryl methyl sites for hydroxylation is 1. The molecular formula is C14H14N2O2S. The predicted molar refractivity (Wildman–Crippen MR) is 74.8 cm³/mol. The highest BCUT2D eigenvalue weighted by molar-refractivity contribution is 7.10. The van der Waals surface area contributed by atoms with Gasteiger partial charge in [-0.25, -0.2) is 0 Å². The van der Waals surface area contributed by atoms with E-state index in [0.29, 0.717) is 13.0 Å². The Hall–Kier alpha value is -1.88. The first-order valence-electron chi connectivity index (χ1n) is 6.20. The van der Waals surface area contributed by atoms with Crippen LogP contribution in [0.15, 0.2) is 30.3 Å². The van der Waals surface area contributed by atoms with Crippen LogP contribution in [0.4, 0.5) is 5.00 Å². The number of para-hydroxylation sites is 1. The molecule has 1 N–H and O–H groups in total. The van der Waals surface area contributed by atoms with E-state index in [1.54, 1.807) is 0 Å². The molecule has 2 aromatic rings. The third kappa shape index (κ3) is 2.46. The molecule has 0 radical (unpaired) electrons. The van der Waals surface area contributed by atoms with Crippen molar-refractivity contribution in [1.82, 2.24) is 4.37 Å². The van der Waals surface area contributed by atoms with Crippen molar-refractivity contribution < 1.29 is 9.53 Å². The zero-order valence-electron chi connectivity index (χ0n) is 10.6. The van der Waals surface area contributed by atoms with Gasteiger partial charge >= 0.3 is 0 Å². The lowest BCUT2D eigenvalue weighted by Gasteiger charge is -2.24. The van der Waals surface area contributed by atoms with Crippen molar-refractivity contribution in [2.24, 2.45) is 0 Å². The number of carbonyl (C=O) groups is 1. The van der Waals surface area contributed by atoms with Crippen molar-refractivity contribution in [3.8, 4) is 5.75 Å². The second-order valence-corrected chi connectivity index (χ2v) is 5.35. The average molecular weight is 274 g/mol. The third-order valence-electron chi connectivity index (χ3n) is 3.15. The van der Waals surface area contributed by atoms with Gasteiger partial charge in [-0.2, -0.15) is 4.37 Å². The maximum atomic E-state index is 12.4. The number of nitrogens with zero attached hydrogens (tertiary/aromatic N) is 1. The first kappa shape index (κ1) is 12.2. The summed E-state index contributed by atoms with van der Waals surface area (Å²) in [5, 5.41) is 3.73. The monoisotopic (exact) mass is 274 g/mol. The van der Waals surface area contributed by atoms with Gasteiger partial charge < -0.3 is 10.1 Å². The van der Waals surface area contributed by atoms with Crippen LogP contribution in [0.25, 0.3) is 0 Å². The van der Waals surface area contributed by atoms with Crippen molar-refractivity contribution in [2.75, 3.05) is 11.9 Å². The molecule has 1 amide bonds. The van der Waals surface area contributed by atoms with E-state index in [0.717, 1.165) is 22.0 Å². The fourth-order valence-electron chi connectivity index (χ4n) is 2.25. The number of benzene rings is 1. The van der Waals surface area contributed by atoms with Crippen LogP contribution in [-0.2, 0) is 4.79 Å². The Balaban J connectivity index is 1.81. The molecule has 98 valence electrons. The summed E-state index contributed by atoms with van der Waals surface area (Å²) in [6, 6.07) is 9.60. The molecule has 19 heavy (non-hydrogen) atoms. The zero-order valence-corrected chi connectivity index (χ0v) is 11.4. The first-order valence-corrected chi connectivity index (χ1v) is 6.97. The van der Waals surface area contributed by atoms with Crippen molar-refractivity contribution in [3.05, 3.63) is 41.6 Å². The summed E-state index contributed by atoms with van der Waals surface area (Å²) in [6.07, 6.45) is 0.709. The molecule has 1 atom stereocenters. The zero-order chi connectivity index (χ0) is 13.2. The van der Waals surface area contributed by atoms with Crippen LogP contribution in [0.3, 0.4) is 0 Å². The van der Waals surface area contributed by atoms with Crippen LogP contribution >= 0.6 is 11.5 Å². The number of amides is 1. The first-order chi connectivity index (χ1) is 9.24. The van der Waals surface area contributed by atoms with Crippen molar-refractivity contribution in [1.29, 1.82) is 0 Å². The Morgan fingerprint density at radius 1 is 1.47 bits per heavy atom. The van der Waals surface area contributed by atoms with Gasteiger partial charge in [-0.3, -0.25) is 4.79 Å². The molecule has 0 fully saturated rings. The maximum Gasteiger partial charge on any atom is 0.232 e. The molecule has 2 heterocycles. The summed E-state index contributed by atoms with van der Waals surface area (Å²) in [6.45, 7) is 2.49. The fourth-order valence-corrected chi connectivity index (χ4v) is 2.91. The molecule has 5 heteroatoms. The average Bonchev–Trinajstić information content (AvgIpc) is 2.83. The van der Waals surface area contributed by atoms with Crippen LogP contribution in [0.2, 0.25) is 0 Å². The van der Waals surface area contributed by atoms with Gasteiger partial charge in [0.2, 0.25) is 5.91 Å². The highest BCUT2D eigenvalue weighted by Crippen LogP contribution is 2.34. The van der Waals surface area contributed by atoms with Crippen molar-refractivity contribution in [3.63, 3.8) is 0 Å². The number of aromatic nitrogens is 1. The van der Waals surface area contributed by atoms with Gasteiger partial charge in [-0.05, 0) is 37.0 Å². The van der Waals surface area contributed by atoms with Crippen LogP contribution in [0.1, 0.15) is 23.6 Å². The number of fused-ring (bicyclic) bond motifs is 1. The largest absolute Gasteiger partial charge is 0.493 e. The number of hydrogen-bond acceptors (Lipinski definition) is 4. The van der Waals surface area contributed by atoms with E-state index < -0.39 is 0 Å². The Labute approximate surface area is 115 Å². The molecule has 0 aliphatic carbocycles. The van der Waals surface area contributed by atoms with E-state index in [2.05, 4.69) is 9.69 Å². The highest BCUT2D eigenvalue weighted by atomic mass is 32.1. The van der Waals surface area contributed by atoms with Gasteiger partial charge in [0.25, 0.3) is 0 Å². The molecule has 0 spiro atoms. The molecule has 1 aromatic heterocycles. The second kappa shape index (κ2) is 5.01. The van der Waals surface area contributed by atoms with Crippen LogP contribution < -0.4 is 10.1 Å². The Morgan fingerprint density at radius 3 is 3.11 bits per heavy atom. The maximum absolute atomic E-state index is 12.4. The topological polar surface area (TPSA) is 51.2 Å². The number of rotatable bonds is 2. The Morgan fingerprint density at radius 2 is 2.32 bits per heavy atom. The Kier molecular flexibility index (Phi) is 3.21. The molecule has 3 rings (SSSR count). The van der Waals surface area contributed by atoms with Gasteiger partial charge in [0.1, 0.15) is 10.8 Å². The van der Waals surface area contributed by atoms with Gasteiger partial charge in [-0.1, -0.05) is 18.2 Å². The number of ether oxygens (including phenoxy) is 1. The van der Waals surface area contributed by atoms with E-state index in [1.807, 2.05) is 37.3 Å². The van der Waals surface area contributed by atoms with Crippen LogP contribution in [0, 0.1) is 6.92 Å². The molecule has 0 saturated carbocycles. The quantitative estimate of drug-likeness (QED) is 0.916. The molecule has 1 aromatic carbocycles. The van der Waals surface area contributed by atoms with E-state index in [9.17, 15) is 4.79 Å². The number of anilines is 1. The van der Waals surface area contributed by atoms with Gasteiger partial charge in [0.15, 0.2) is 0 Å². The normalized spacial score (nSPS) is 17.4. The lowest BCUT2D eigenvalue weighted by Crippen LogP contribution is -2.26.